The first-order chi connectivity index (χ1) is 7.50. The number of carboxylic acids is 1. The summed E-state index contributed by atoms with van der Waals surface area (Å²) >= 11 is 11.6. The fourth-order valence-electron chi connectivity index (χ4n) is 1.34. The van der Waals surface area contributed by atoms with Crippen molar-refractivity contribution >= 4 is 29.2 Å². The Hall–Kier alpha value is -0.770. The number of rotatable bonds is 5. The Morgan fingerprint density at radius 2 is 2.06 bits per heavy atom. The molecular formula is C11H13Cl2NO2. The summed E-state index contributed by atoms with van der Waals surface area (Å²) in [7, 11) is 0. The molecule has 0 aliphatic heterocycles. The highest BCUT2D eigenvalue weighted by molar-refractivity contribution is 6.42. The summed E-state index contributed by atoms with van der Waals surface area (Å²) < 4.78 is 0. The molecule has 1 aromatic carbocycles. The van der Waals surface area contributed by atoms with Crippen LogP contribution in [0, 0.1) is 0 Å². The number of aryl methyl sites for hydroxylation is 1. The van der Waals surface area contributed by atoms with E-state index in [-0.39, 0.29) is 0 Å². The average Bonchev–Trinajstić information content (AvgIpc) is 2.23. The third-order valence-electron chi connectivity index (χ3n) is 2.28. The summed E-state index contributed by atoms with van der Waals surface area (Å²) in [6.45, 7) is 0. The summed E-state index contributed by atoms with van der Waals surface area (Å²) in [5, 5.41) is 9.63. The maximum atomic E-state index is 10.5. The van der Waals surface area contributed by atoms with Gasteiger partial charge in [-0.25, -0.2) is 0 Å². The minimum absolute atomic E-state index is 0.454. The second-order valence-corrected chi connectivity index (χ2v) is 4.40. The van der Waals surface area contributed by atoms with Gasteiger partial charge < -0.3 is 10.8 Å². The quantitative estimate of drug-likeness (QED) is 0.857. The van der Waals surface area contributed by atoms with E-state index in [0.717, 1.165) is 12.0 Å². The molecule has 0 heterocycles. The molecule has 0 spiro atoms. The van der Waals surface area contributed by atoms with E-state index in [9.17, 15) is 4.79 Å². The Bertz CT molecular complexity index is 382. The van der Waals surface area contributed by atoms with Gasteiger partial charge in [0.1, 0.15) is 6.04 Å². The molecule has 0 aliphatic rings. The fraction of sp³-hybridized carbons (Fsp3) is 0.364. The van der Waals surface area contributed by atoms with E-state index in [1.165, 1.54) is 0 Å². The van der Waals surface area contributed by atoms with Gasteiger partial charge in [0.25, 0.3) is 0 Å². The predicted octanol–water partition coefficient (Wildman–Crippen LogP) is 2.73. The molecule has 0 saturated heterocycles. The van der Waals surface area contributed by atoms with Gasteiger partial charge in [-0.15, -0.1) is 0 Å². The lowest BCUT2D eigenvalue weighted by Gasteiger charge is -2.06. The fourth-order valence-corrected chi connectivity index (χ4v) is 1.67. The van der Waals surface area contributed by atoms with Crippen LogP contribution in [0.25, 0.3) is 0 Å². The highest BCUT2D eigenvalue weighted by Gasteiger charge is 2.10. The monoisotopic (exact) mass is 261 g/mol. The van der Waals surface area contributed by atoms with E-state index in [0.29, 0.717) is 22.9 Å². The highest BCUT2D eigenvalue weighted by Crippen LogP contribution is 2.23. The van der Waals surface area contributed by atoms with Crippen LogP contribution in [-0.2, 0) is 11.2 Å². The van der Waals surface area contributed by atoms with Crippen molar-refractivity contribution in [2.45, 2.75) is 25.3 Å². The van der Waals surface area contributed by atoms with E-state index in [2.05, 4.69) is 0 Å². The van der Waals surface area contributed by atoms with Crippen molar-refractivity contribution in [3.8, 4) is 0 Å². The number of nitrogens with two attached hydrogens (primary N) is 1. The molecule has 1 aromatic rings. The highest BCUT2D eigenvalue weighted by atomic mass is 35.5. The van der Waals surface area contributed by atoms with Gasteiger partial charge in [0.05, 0.1) is 10.0 Å². The molecule has 0 saturated carbocycles. The topological polar surface area (TPSA) is 63.3 Å². The second-order valence-electron chi connectivity index (χ2n) is 3.59. The van der Waals surface area contributed by atoms with Gasteiger partial charge in [-0.2, -0.15) is 0 Å². The zero-order valence-corrected chi connectivity index (χ0v) is 10.1. The van der Waals surface area contributed by atoms with Crippen LogP contribution >= 0.6 is 23.2 Å². The summed E-state index contributed by atoms with van der Waals surface area (Å²) in [6, 6.07) is 4.61. The number of hydrogen-bond acceptors (Lipinski definition) is 2. The molecule has 88 valence electrons. The number of benzene rings is 1. The van der Waals surface area contributed by atoms with Crippen molar-refractivity contribution in [1.82, 2.24) is 0 Å². The average molecular weight is 262 g/mol. The van der Waals surface area contributed by atoms with E-state index in [1.807, 2.05) is 6.07 Å². The van der Waals surface area contributed by atoms with Crippen LogP contribution in [0.4, 0.5) is 0 Å². The smallest absolute Gasteiger partial charge is 0.320 e. The Kier molecular flexibility index (Phi) is 5.06. The van der Waals surface area contributed by atoms with Gasteiger partial charge in [0.2, 0.25) is 0 Å². The van der Waals surface area contributed by atoms with Gasteiger partial charge >= 0.3 is 5.97 Å². The van der Waals surface area contributed by atoms with E-state index in [4.69, 9.17) is 34.0 Å². The molecule has 16 heavy (non-hydrogen) atoms. The van der Waals surface area contributed by atoms with E-state index in [1.54, 1.807) is 12.1 Å². The van der Waals surface area contributed by atoms with Crippen LogP contribution in [0.5, 0.6) is 0 Å². The zero-order chi connectivity index (χ0) is 12.1. The number of halogens is 2. The molecule has 3 N–H and O–H groups in total. The van der Waals surface area contributed by atoms with Crippen LogP contribution in [0.1, 0.15) is 18.4 Å². The molecule has 0 radical (unpaired) electrons. The Labute approximate surface area is 104 Å². The van der Waals surface area contributed by atoms with Gasteiger partial charge in [-0.05, 0) is 37.0 Å². The molecule has 5 heteroatoms. The van der Waals surface area contributed by atoms with Gasteiger partial charge in [0.15, 0.2) is 0 Å². The van der Waals surface area contributed by atoms with Crippen LogP contribution in [0.15, 0.2) is 18.2 Å². The van der Waals surface area contributed by atoms with Gasteiger partial charge in [-0.1, -0.05) is 29.3 Å². The van der Waals surface area contributed by atoms with Crippen molar-refractivity contribution in [3.05, 3.63) is 33.8 Å². The van der Waals surface area contributed by atoms with Crippen molar-refractivity contribution in [3.63, 3.8) is 0 Å². The molecule has 0 bridgehead atoms. The Morgan fingerprint density at radius 3 is 2.62 bits per heavy atom. The van der Waals surface area contributed by atoms with Crippen LogP contribution in [0.3, 0.4) is 0 Å². The molecular weight excluding hydrogens is 249 g/mol. The number of aliphatic carboxylic acids is 1. The zero-order valence-electron chi connectivity index (χ0n) is 8.62. The molecule has 3 nitrogen and oxygen atoms in total. The maximum Gasteiger partial charge on any atom is 0.320 e. The molecule has 0 aliphatic carbocycles. The first-order valence-corrected chi connectivity index (χ1v) is 5.68. The van der Waals surface area contributed by atoms with Crippen molar-refractivity contribution < 1.29 is 9.90 Å². The summed E-state index contributed by atoms with van der Waals surface area (Å²) in [6.07, 6.45) is 1.92. The summed E-state index contributed by atoms with van der Waals surface area (Å²) in [5.41, 5.74) is 6.42. The first kappa shape index (κ1) is 13.3. The largest absolute Gasteiger partial charge is 0.480 e. The van der Waals surface area contributed by atoms with Crippen LogP contribution in [-0.4, -0.2) is 17.1 Å². The number of carboxylic acid groups (broad SMARTS) is 1. The standard InChI is InChI=1S/C11H13Cl2NO2/c12-8-5-4-7(6-9(8)13)2-1-3-10(14)11(15)16/h4-6,10H,1-3,14H2,(H,15,16)/t10-/m0/s1. The first-order valence-electron chi connectivity index (χ1n) is 4.93. The molecule has 0 fully saturated rings. The lowest BCUT2D eigenvalue weighted by molar-refractivity contribution is -0.138. The Morgan fingerprint density at radius 1 is 1.38 bits per heavy atom. The van der Waals surface area contributed by atoms with Crippen molar-refractivity contribution in [2.24, 2.45) is 5.73 Å². The molecule has 1 rings (SSSR count). The van der Waals surface area contributed by atoms with Crippen LogP contribution in [0.2, 0.25) is 10.0 Å². The lowest BCUT2D eigenvalue weighted by atomic mass is 10.1. The SMILES string of the molecule is N[C@@H](CCCc1ccc(Cl)c(Cl)c1)C(=O)O. The molecule has 0 amide bonds. The minimum Gasteiger partial charge on any atom is -0.480 e. The van der Waals surface area contributed by atoms with Gasteiger partial charge in [-0.3, -0.25) is 4.79 Å². The van der Waals surface area contributed by atoms with E-state index >= 15 is 0 Å². The summed E-state index contributed by atoms with van der Waals surface area (Å²) in [5.74, 6) is -0.964. The van der Waals surface area contributed by atoms with E-state index < -0.39 is 12.0 Å². The van der Waals surface area contributed by atoms with Gasteiger partial charge in [0, 0.05) is 0 Å². The normalized spacial score (nSPS) is 12.4. The molecule has 0 aromatic heterocycles. The summed E-state index contributed by atoms with van der Waals surface area (Å²) in [4.78, 5) is 10.5. The van der Waals surface area contributed by atoms with Crippen molar-refractivity contribution in [2.75, 3.05) is 0 Å². The Balaban J connectivity index is 2.43. The number of carbonyl (C=O) groups is 1. The minimum atomic E-state index is -0.964. The number of hydrogen-bond donors (Lipinski definition) is 2. The van der Waals surface area contributed by atoms with Crippen molar-refractivity contribution in [1.29, 1.82) is 0 Å². The van der Waals surface area contributed by atoms with Crippen LogP contribution < -0.4 is 5.73 Å². The second kappa shape index (κ2) is 6.09. The lowest BCUT2D eigenvalue weighted by Crippen LogP contribution is -2.29. The predicted molar refractivity (Wildman–Crippen MR) is 65.0 cm³/mol. The molecule has 0 unspecified atom stereocenters. The maximum absolute atomic E-state index is 10.5. The molecule has 1 atom stereocenters. The third kappa shape index (κ3) is 4.00. The third-order valence-corrected chi connectivity index (χ3v) is 3.02.